The van der Waals surface area contributed by atoms with Gasteiger partial charge < -0.3 is 14.5 Å². The van der Waals surface area contributed by atoms with Crippen LogP contribution in [-0.4, -0.2) is 50.0 Å². The zero-order chi connectivity index (χ0) is 22.3. The third kappa shape index (κ3) is 3.64. The van der Waals surface area contributed by atoms with E-state index in [0.29, 0.717) is 22.9 Å². The third-order valence-corrected chi connectivity index (χ3v) is 6.84. The lowest BCUT2D eigenvalue weighted by atomic mass is 9.99. The molecule has 2 aliphatic heterocycles. The number of nitrogens with one attached hydrogen (secondary N) is 1. The molecule has 0 radical (unpaired) electrons. The first-order valence-corrected chi connectivity index (χ1v) is 11.5. The van der Waals surface area contributed by atoms with E-state index in [1.165, 1.54) is 12.8 Å². The number of ether oxygens (including phenoxy) is 2. The minimum Gasteiger partial charge on any atom is -0.454 e. The fourth-order valence-electron chi connectivity index (χ4n) is 4.61. The van der Waals surface area contributed by atoms with Gasteiger partial charge in [-0.25, -0.2) is 4.68 Å². The van der Waals surface area contributed by atoms with Crippen LogP contribution in [0.3, 0.4) is 0 Å². The summed E-state index contributed by atoms with van der Waals surface area (Å²) in [7, 11) is 0. The van der Waals surface area contributed by atoms with Crippen LogP contribution in [0.25, 0.3) is 10.9 Å². The van der Waals surface area contributed by atoms with Gasteiger partial charge in [0.2, 0.25) is 6.79 Å². The predicted octanol–water partition coefficient (Wildman–Crippen LogP) is 3.35. The highest BCUT2D eigenvalue weighted by atomic mass is 16.7. The molecule has 1 fully saturated rings. The van der Waals surface area contributed by atoms with Crippen LogP contribution >= 0.6 is 0 Å². The number of fused-ring (bicyclic) bond motifs is 2. The minimum absolute atomic E-state index is 0.130. The molecule has 0 aliphatic carbocycles. The van der Waals surface area contributed by atoms with Gasteiger partial charge in [-0.15, -0.1) is 5.10 Å². The molecule has 9 heteroatoms. The van der Waals surface area contributed by atoms with Gasteiger partial charge >= 0.3 is 0 Å². The Kier molecular flexibility index (Phi) is 5.36. The van der Waals surface area contributed by atoms with Crippen molar-refractivity contribution in [1.82, 2.24) is 30.1 Å². The molecule has 2 aromatic heterocycles. The smallest absolute Gasteiger partial charge is 0.253 e. The molecule has 3 aromatic rings. The highest BCUT2D eigenvalue weighted by Gasteiger charge is 2.34. The summed E-state index contributed by atoms with van der Waals surface area (Å²) in [4.78, 5) is 18.8. The lowest BCUT2D eigenvalue weighted by Gasteiger charge is -2.32. The van der Waals surface area contributed by atoms with Crippen LogP contribution in [0.2, 0.25) is 0 Å². The summed E-state index contributed by atoms with van der Waals surface area (Å²) in [6.07, 6.45) is 5.46. The molecule has 0 unspecified atom stereocenters. The summed E-state index contributed by atoms with van der Waals surface area (Å²) >= 11 is 0. The van der Waals surface area contributed by atoms with Gasteiger partial charge in [-0.3, -0.25) is 9.69 Å². The van der Waals surface area contributed by atoms with E-state index in [-0.39, 0.29) is 23.9 Å². The highest BCUT2D eigenvalue weighted by Crippen LogP contribution is 2.37. The molecule has 0 bridgehead atoms. The topological polar surface area (TPSA) is 98.2 Å². The predicted molar refractivity (Wildman–Crippen MR) is 120 cm³/mol. The number of nitrogens with zero attached hydrogens (tertiary/aromatic N) is 5. The molecule has 1 atom stereocenters. The molecule has 1 N–H and O–H groups in total. The summed E-state index contributed by atoms with van der Waals surface area (Å²) in [6, 6.07) is 5.39. The maximum atomic E-state index is 13.4. The Morgan fingerprint density at radius 2 is 1.81 bits per heavy atom. The Labute approximate surface area is 186 Å². The van der Waals surface area contributed by atoms with Gasteiger partial charge in [0.25, 0.3) is 5.56 Å². The number of hydrogen-bond donors (Lipinski definition) is 1. The van der Waals surface area contributed by atoms with Crippen molar-refractivity contribution in [3.63, 3.8) is 0 Å². The summed E-state index contributed by atoms with van der Waals surface area (Å²) in [6.45, 7) is 8.37. The molecular formula is C23H30N6O3. The Hall–Kier alpha value is -2.94. The normalized spacial score (nSPS) is 18.1. The van der Waals surface area contributed by atoms with E-state index in [1.54, 1.807) is 0 Å². The van der Waals surface area contributed by atoms with Gasteiger partial charge in [-0.05, 0) is 68.8 Å². The number of benzene rings is 1. The lowest BCUT2D eigenvalue weighted by Crippen LogP contribution is -2.38. The second-order valence-corrected chi connectivity index (χ2v) is 9.31. The molecule has 1 saturated heterocycles. The van der Waals surface area contributed by atoms with Gasteiger partial charge in [0, 0.05) is 17.0 Å². The summed E-state index contributed by atoms with van der Waals surface area (Å²) in [5.41, 5.74) is 0.986. The number of H-pyrrole nitrogens is 1. The highest BCUT2D eigenvalue weighted by molar-refractivity contribution is 5.83. The maximum absolute atomic E-state index is 13.4. The number of aromatic amines is 1. The molecule has 2 aliphatic rings. The molecule has 32 heavy (non-hydrogen) atoms. The van der Waals surface area contributed by atoms with Gasteiger partial charge in [0.1, 0.15) is 6.04 Å². The van der Waals surface area contributed by atoms with Gasteiger partial charge in [0.15, 0.2) is 17.3 Å². The average Bonchev–Trinajstić information content (AvgIpc) is 3.37. The van der Waals surface area contributed by atoms with E-state index in [4.69, 9.17) is 9.47 Å². The lowest BCUT2D eigenvalue weighted by molar-refractivity contribution is 0.174. The van der Waals surface area contributed by atoms with Crippen LogP contribution in [0.1, 0.15) is 70.3 Å². The number of tetrazole rings is 1. The SMILES string of the molecule is CCC(C)(C)n1nnnc1[C@@H](c1cc2cc3c(cc2[nH]c1=O)OCO3)N1CCCCCC1. The Morgan fingerprint density at radius 1 is 1.09 bits per heavy atom. The van der Waals surface area contributed by atoms with Crippen LogP contribution < -0.4 is 15.0 Å². The van der Waals surface area contributed by atoms with Crippen molar-refractivity contribution in [2.24, 2.45) is 0 Å². The summed E-state index contributed by atoms with van der Waals surface area (Å²) in [5.74, 6) is 2.06. The van der Waals surface area contributed by atoms with E-state index in [0.717, 1.165) is 43.3 Å². The molecule has 9 nitrogen and oxygen atoms in total. The van der Waals surface area contributed by atoms with E-state index in [1.807, 2.05) is 22.9 Å². The van der Waals surface area contributed by atoms with Crippen molar-refractivity contribution in [1.29, 1.82) is 0 Å². The van der Waals surface area contributed by atoms with Crippen LogP contribution in [0.15, 0.2) is 23.0 Å². The number of hydrogen-bond acceptors (Lipinski definition) is 7. The molecule has 170 valence electrons. The fraction of sp³-hybridized carbons (Fsp3) is 0.565. The van der Waals surface area contributed by atoms with Gasteiger partial charge in [0.05, 0.1) is 11.1 Å². The number of pyridine rings is 1. The quantitative estimate of drug-likeness (QED) is 0.652. The number of likely N-dealkylation sites (tertiary alicyclic amines) is 1. The van der Waals surface area contributed by atoms with E-state index in [2.05, 4.69) is 46.2 Å². The standard InChI is InChI=1S/C23H30N6O3/c1-4-23(2,3)29-21(25-26-27-29)20(28-9-7-5-6-8-10-28)16-11-15-12-18-19(32-14-31-18)13-17(15)24-22(16)30/h11-13,20H,4-10,14H2,1-3H3,(H,24,30)/t20-/m1/s1. The zero-order valence-electron chi connectivity index (χ0n) is 18.9. The zero-order valence-corrected chi connectivity index (χ0v) is 18.9. The van der Waals surface area contributed by atoms with E-state index in [9.17, 15) is 4.79 Å². The number of aromatic nitrogens is 5. The van der Waals surface area contributed by atoms with Crippen molar-refractivity contribution in [3.8, 4) is 11.5 Å². The fourth-order valence-corrected chi connectivity index (χ4v) is 4.61. The second-order valence-electron chi connectivity index (χ2n) is 9.31. The first-order valence-electron chi connectivity index (χ1n) is 11.5. The van der Waals surface area contributed by atoms with E-state index < -0.39 is 0 Å². The average molecular weight is 439 g/mol. The minimum atomic E-state index is -0.326. The first kappa shape index (κ1) is 20.9. The number of rotatable bonds is 5. The van der Waals surface area contributed by atoms with Crippen LogP contribution in [0, 0.1) is 0 Å². The van der Waals surface area contributed by atoms with E-state index >= 15 is 0 Å². The molecule has 1 aromatic carbocycles. The monoisotopic (exact) mass is 438 g/mol. The molecule has 4 heterocycles. The third-order valence-electron chi connectivity index (χ3n) is 6.84. The van der Waals surface area contributed by atoms with Crippen molar-refractivity contribution in [2.45, 2.75) is 64.5 Å². The second kappa shape index (κ2) is 8.20. The van der Waals surface area contributed by atoms with Crippen molar-refractivity contribution < 1.29 is 9.47 Å². The largest absolute Gasteiger partial charge is 0.454 e. The van der Waals surface area contributed by atoms with Gasteiger partial charge in [-0.1, -0.05) is 19.8 Å². The Morgan fingerprint density at radius 3 is 2.53 bits per heavy atom. The molecule has 0 spiro atoms. The van der Waals surface area contributed by atoms with Crippen LogP contribution in [0.5, 0.6) is 11.5 Å². The van der Waals surface area contributed by atoms with Crippen LogP contribution in [-0.2, 0) is 5.54 Å². The Balaban J connectivity index is 1.68. The molecule has 0 saturated carbocycles. The molecule has 0 amide bonds. The summed E-state index contributed by atoms with van der Waals surface area (Å²) < 4.78 is 12.9. The van der Waals surface area contributed by atoms with Crippen LogP contribution in [0.4, 0.5) is 0 Å². The molecular weight excluding hydrogens is 408 g/mol. The van der Waals surface area contributed by atoms with Gasteiger partial charge in [-0.2, -0.15) is 0 Å². The van der Waals surface area contributed by atoms with Crippen molar-refractivity contribution >= 4 is 10.9 Å². The Bertz CT molecular complexity index is 1180. The molecule has 5 rings (SSSR count). The van der Waals surface area contributed by atoms with Crippen molar-refractivity contribution in [3.05, 3.63) is 39.9 Å². The summed E-state index contributed by atoms with van der Waals surface area (Å²) in [5, 5.41) is 13.7. The van der Waals surface area contributed by atoms with Crippen molar-refractivity contribution in [2.75, 3.05) is 19.9 Å². The maximum Gasteiger partial charge on any atom is 0.253 e. The first-order chi connectivity index (χ1) is 15.5.